The number of hydrogen-bond donors (Lipinski definition) is 0. The highest BCUT2D eigenvalue weighted by molar-refractivity contribution is 6.22. The lowest BCUT2D eigenvalue weighted by atomic mass is 9.91. The molecule has 4 aromatic carbocycles. The molecule has 0 aliphatic carbocycles. The Hall–Kier alpha value is -7.66. The lowest BCUT2D eigenvalue weighted by Crippen LogP contribution is -2.71. The minimum Gasteiger partial charge on any atom is -0.463 e. The highest BCUT2D eigenvalue weighted by Gasteiger charge is 2.57. The molecular weight excluding hydrogens is 813 g/mol. The summed E-state index contributed by atoms with van der Waals surface area (Å²) in [5.74, 6) is -3.05. The van der Waals surface area contributed by atoms with Gasteiger partial charge in [0.1, 0.15) is 18.4 Å². The number of ether oxygens (including phenoxy) is 5. The molecular formula is C46H44N6O11. The number of amides is 4. The van der Waals surface area contributed by atoms with Crippen LogP contribution >= 0.6 is 0 Å². The van der Waals surface area contributed by atoms with Crippen molar-refractivity contribution >= 4 is 53.4 Å². The first-order valence-corrected chi connectivity index (χ1v) is 19.9. The fourth-order valence-electron chi connectivity index (χ4n) is 7.68. The molecule has 1 aromatic heterocycles. The maximum atomic E-state index is 15.3. The summed E-state index contributed by atoms with van der Waals surface area (Å²) in [4.78, 5) is 84.1. The summed E-state index contributed by atoms with van der Waals surface area (Å²) < 4.78 is 29.6. The lowest BCUT2D eigenvalue weighted by Gasteiger charge is -2.54. The van der Waals surface area contributed by atoms with Crippen molar-refractivity contribution in [2.45, 2.75) is 70.5 Å². The lowest BCUT2D eigenvalue weighted by molar-refractivity contribution is -0.270. The predicted molar refractivity (Wildman–Crippen MR) is 225 cm³/mol. The summed E-state index contributed by atoms with van der Waals surface area (Å²) in [7, 11) is 0. The van der Waals surface area contributed by atoms with E-state index < -0.39 is 78.9 Å². The van der Waals surface area contributed by atoms with Crippen LogP contribution in [0.1, 0.15) is 50.7 Å². The molecule has 17 nitrogen and oxygen atoms in total. The first-order chi connectivity index (χ1) is 30.4. The van der Waals surface area contributed by atoms with E-state index in [1.165, 1.54) is 22.7 Å². The zero-order chi connectivity index (χ0) is 44.7. The second-order valence-corrected chi connectivity index (χ2v) is 14.6. The van der Waals surface area contributed by atoms with Gasteiger partial charge in [0.05, 0.1) is 18.4 Å². The summed E-state index contributed by atoms with van der Waals surface area (Å²) in [6.07, 6.45) is -1.93. The third kappa shape index (κ3) is 9.33. The average molecular weight is 857 g/mol. The van der Waals surface area contributed by atoms with Gasteiger partial charge in [-0.2, -0.15) is 0 Å². The monoisotopic (exact) mass is 856 g/mol. The molecule has 6 atom stereocenters. The van der Waals surface area contributed by atoms with Crippen molar-refractivity contribution in [3.05, 3.63) is 150 Å². The fraction of sp³-hybridized carbons (Fsp3) is 0.261. The summed E-state index contributed by atoms with van der Waals surface area (Å²) in [6, 6.07) is 34.7. The molecule has 2 aliphatic heterocycles. The molecule has 7 rings (SSSR count). The number of hydrogen-bond acceptors (Lipinski definition) is 13. The first kappa shape index (κ1) is 43.4. The summed E-state index contributed by atoms with van der Waals surface area (Å²) in [5, 5.41) is 8.80. The number of aromatic nitrogens is 3. The second-order valence-electron chi connectivity index (χ2n) is 14.6. The van der Waals surface area contributed by atoms with Crippen molar-refractivity contribution in [3.8, 4) is 0 Å². The SMILES string of the molecule is CC(=O)OC[C@H]1O[C@@H](n2cc(CN3C(=O)N(c4ccccc4)C(=O)N(c4ccccc4)C3(/C=C/c3ccccc3)c3ccccc3)nn2)[C@H](OC(C)=O)[C@@H](OC(C)=O)[C@@H]1OC(C)=O. The molecule has 2 aliphatic rings. The molecule has 0 radical (unpaired) electrons. The Bertz CT molecular complexity index is 2470. The van der Waals surface area contributed by atoms with Crippen LogP contribution < -0.4 is 9.80 Å². The topological polar surface area (TPSA) is 189 Å². The summed E-state index contributed by atoms with van der Waals surface area (Å²) in [5.41, 5.74) is 0.663. The molecule has 0 saturated carbocycles. The van der Waals surface area contributed by atoms with E-state index in [1.807, 2.05) is 72.8 Å². The van der Waals surface area contributed by atoms with Gasteiger partial charge < -0.3 is 23.7 Å². The Balaban J connectivity index is 1.39. The molecule has 324 valence electrons. The van der Waals surface area contributed by atoms with Gasteiger partial charge in [-0.05, 0) is 35.9 Å². The van der Waals surface area contributed by atoms with Crippen LogP contribution in [-0.4, -0.2) is 86.9 Å². The van der Waals surface area contributed by atoms with E-state index in [2.05, 4.69) is 10.3 Å². The molecule has 2 fully saturated rings. The van der Waals surface area contributed by atoms with E-state index in [-0.39, 0.29) is 12.2 Å². The zero-order valence-electron chi connectivity index (χ0n) is 34.8. The average Bonchev–Trinajstić information content (AvgIpc) is 3.74. The highest BCUT2D eigenvalue weighted by Crippen LogP contribution is 2.45. The highest BCUT2D eigenvalue weighted by atomic mass is 16.7. The van der Waals surface area contributed by atoms with E-state index in [4.69, 9.17) is 23.7 Å². The number of esters is 4. The number of carbonyl (C=O) groups is 6. The number of urea groups is 2. The summed E-state index contributed by atoms with van der Waals surface area (Å²) in [6.45, 7) is 3.82. The molecule has 3 heterocycles. The van der Waals surface area contributed by atoms with Gasteiger partial charge in [-0.3, -0.25) is 29.0 Å². The molecule has 1 unspecified atom stereocenters. The third-order valence-electron chi connectivity index (χ3n) is 10.2. The Morgan fingerprint density at radius 2 is 1.21 bits per heavy atom. The van der Waals surface area contributed by atoms with Gasteiger partial charge in [0, 0.05) is 38.9 Å². The van der Waals surface area contributed by atoms with Gasteiger partial charge >= 0.3 is 35.9 Å². The second kappa shape index (κ2) is 18.9. The third-order valence-corrected chi connectivity index (χ3v) is 10.2. The Labute approximate surface area is 362 Å². The van der Waals surface area contributed by atoms with E-state index in [9.17, 15) is 19.2 Å². The number of benzene rings is 4. The van der Waals surface area contributed by atoms with Gasteiger partial charge in [-0.15, -0.1) is 5.10 Å². The van der Waals surface area contributed by atoms with Gasteiger partial charge in [0.2, 0.25) is 0 Å². The molecule has 0 spiro atoms. The maximum Gasteiger partial charge on any atom is 0.339 e. The maximum absolute atomic E-state index is 15.3. The van der Waals surface area contributed by atoms with Gasteiger partial charge in [0.25, 0.3) is 0 Å². The Kier molecular flexibility index (Phi) is 13.1. The van der Waals surface area contributed by atoms with Crippen LogP contribution in [0.2, 0.25) is 0 Å². The van der Waals surface area contributed by atoms with Crippen LogP contribution in [0.15, 0.2) is 134 Å². The molecule has 17 heteroatoms. The number of para-hydroxylation sites is 2. The van der Waals surface area contributed by atoms with Gasteiger partial charge in [0.15, 0.2) is 30.2 Å². The summed E-state index contributed by atoms with van der Waals surface area (Å²) >= 11 is 0. The van der Waals surface area contributed by atoms with Crippen molar-refractivity contribution in [3.63, 3.8) is 0 Å². The smallest absolute Gasteiger partial charge is 0.339 e. The van der Waals surface area contributed by atoms with E-state index in [0.29, 0.717) is 16.9 Å². The number of carbonyl (C=O) groups excluding carboxylic acids is 6. The molecule has 63 heavy (non-hydrogen) atoms. The van der Waals surface area contributed by atoms with E-state index in [1.54, 1.807) is 65.6 Å². The van der Waals surface area contributed by atoms with Crippen LogP contribution in [0.5, 0.6) is 0 Å². The number of imide groups is 1. The quantitative estimate of drug-likeness (QED) is 0.0967. The van der Waals surface area contributed by atoms with Crippen molar-refractivity contribution < 1.29 is 52.5 Å². The first-order valence-electron chi connectivity index (χ1n) is 19.9. The Morgan fingerprint density at radius 1 is 0.667 bits per heavy atom. The van der Waals surface area contributed by atoms with Crippen LogP contribution in [0, 0.1) is 0 Å². The predicted octanol–water partition coefficient (Wildman–Crippen LogP) is 6.17. The number of anilines is 2. The Morgan fingerprint density at radius 3 is 1.79 bits per heavy atom. The molecule has 2 saturated heterocycles. The number of rotatable bonds is 13. The largest absolute Gasteiger partial charge is 0.463 e. The molecule has 4 amide bonds. The van der Waals surface area contributed by atoms with Crippen LogP contribution in [0.4, 0.5) is 21.0 Å². The van der Waals surface area contributed by atoms with Crippen LogP contribution in [0.3, 0.4) is 0 Å². The minimum absolute atomic E-state index is 0.181. The van der Waals surface area contributed by atoms with Gasteiger partial charge in [-0.1, -0.05) is 108 Å². The van der Waals surface area contributed by atoms with Crippen molar-refractivity contribution in [2.75, 3.05) is 16.4 Å². The van der Waals surface area contributed by atoms with Crippen molar-refractivity contribution in [1.29, 1.82) is 0 Å². The minimum atomic E-state index is -1.66. The normalized spacial score (nSPS) is 22.4. The van der Waals surface area contributed by atoms with Gasteiger partial charge in [-0.25, -0.2) is 19.2 Å². The zero-order valence-corrected chi connectivity index (χ0v) is 34.8. The van der Waals surface area contributed by atoms with Crippen LogP contribution in [-0.2, 0) is 55.1 Å². The molecule has 0 N–H and O–H groups in total. The standard InChI is InChI=1S/C46H44N6O11/c1-30(53)59-29-39-40(60-31(2)54)41(61-32(3)55)42(62-33(4)56)43(63-39)50-28-36(47-48-50)27-49-44(57)51(37-21-13-7-14-22-37)45(58)52(38-23-15-8-16-24-38)46(49,35-19-11-6-12-20-35)26-25-34-17-9-5-10-18-34/h5-26,28,39-43H,27,29H2,1-4H3/b26-25+/t39-,40-,41+,42-,43-,46?/m1/s1. The number of nitrogens with zero attached hydrogens (tertiary/aromatic N) is 6. The van der Waals surface area contributed by atoms with Crippen molar-refractivity contribution in [2.24, 2.45) is 0 Å². The van der Waals surface area contributed by atoms with Crippen molar-refractivity contribution in [1.82, 2.24) is 19.9 Å². The van der Waals surface area contributed by atoms with E-state index >= 15 is 9.59 Å². The van der Waals surface area contributed by atoms with E-state index in [0.717, 1.165) is 31.2 Å². The van der Waals surface area contributed by atoms with Crippen LogP contribution in [0.25, 0.3) is 6.08 Å². The molecule has 0 bridgehead atoms. The molecule has 5 aromatic rings. The fourth-order valence-corrected chi connectivity index (χ4v) is 7.68.